The van der Waals surface area contributed by atoms with Crippen molar-refractivity contribution in [2.75, 3.05) is 11.1 Å². The first kappa shape index (κ1) is 9.33. The molecule has 0 aliphatic carbocycles. The fourth-order valence-corrected chi connectivity index (χ4v) is 2.47. The lowest BCUT2D eigenvalue weighted by Gasteiger charge is -2.04. The van der Waals surface area contributed by atoms with Crippen LogP contribution in [0.4, 0.5) is 5.69 Å². The van der Waals surface area contributed by atoms with E-state index in [0.717, 1.165) is 5.69 Å². The summed E-state index contributed by atoms with van der Waals surface area (Å²) in [5, 5.41) is 3.18. The summed E-state index contributed by atoms with van der Waals surface area (Å²) in [6.07, 6.45) is 0.294. The Balaban J connectivity index is 2.52. The van der Waals surface area contributed by atoms with Gasteiger partial charge in [-0.2, -0.15) is 0 Å². The van der Waals surface area contributed by atoms with Gasteiger partial charge in [0.15, 0.2) is 5.03 Å². The molecule has 0 fully saturated rings. The van der Waals surface area contributed by atoms with Crippen LogP contribution in [0.3, 0.4) is 0 Å². The van der Waals surface area contributed by atoms with E-state index in [-0.39, 0.29) is 5.91 Å². The third-order valence-corrected chi connectivity index (χ3v) is 3.32. The summed E-state index contributed by atoms with van der Waals surface area (Å²) in [6.45, 7) is 1.84. The maximum atomic E-state index is 11.7. The van der Waals surface area contributed by atoms with Crippen LogP contribution < -0.4 is 5.32 Å². The van der Waals surface area contributed by atoms with E-state index in [9.17, 15) is 9.00 Å². The number of amides is 1. The number of anilines is 1. The van der Waals surface area contributed by atoms with E-state index < -0.39 is 10.8 Å². The zero-order chi connectivity index (χ0) is 10.1. The monoisotopic (exact) mass is 210 g/mol. The van der Waals surface area contributed by atoms with Gasteiger partial charge in [-0.15, -0.1) is 0 Å². The van der Waals surface area contributed by atoms with Gasteiger partial charge in [0.25, 0.3) is 0 Å². The van der Waals surface area contributed by atoms with Crippen molar-refractivity contribution < 1.29 is 9.00 Å². The zero-order valence-electron chi connectivity index (χ0n) is 7.74. The molecule has 1 aliphatic heterocycles. The molecule has 1 unspecified atom stereocenters. The van der Waals surface area contributed by atoms with E-state index in [1.807, 2.05) is 6.92 Å². The molecule has 1 aromatic rings. The quantitative estimate of drug-likeness (QED) is 0.690. The van der Waals surface area contributed by atoms with E-state index in [0.29, 0.717) is 22.9 Å². The lowest BCUT2D eigenvalue weighted by atomic mass is 10.3. The van der Waals surface area contributed by atoms with E-state index >= 15 is 0 Å². The first-order valence-corrected chi connectivity index (χ1v) is 5.64. The van der Waals surface area contributed by atoms with Crippen molar-refractivity contribution in [2.45, 2.75) is 18.4 Å². The third kappa shape index (κ3) is 1.68. The fraction of sp³-hybridized carbons (Fsp3) is 0.333. The SMILES string of the molecule is Cc1ccc2c(n1)S(=O)CCC(=O)N2. The molecule has 1 aromatic heterocycles. The first-order valence-electron chi connectivity index (χ1n) is 4.33. The molecule has 0 saturated carbocycles. The zero-order valence-corrected chi connectivity index (χ0v) is 8.56. The van der Waals surface area contributed by atoms with Crippen LogP contribution in [0.5, 0.6) is 0 Å². The molecule has 2 rings (SSSR count). The van der Waals surface area contributed by atoms with Crippen LogP contribution in [0.1, 0.15) is 12.1 Å². The predicted molar refractivity (Wildman–Crippen MR) is 53.5 cm³/mol. The largest absolute Gasteiger partial charge is 0.324 e. The number of nitrogens with one attached hydrogen (secondary N) is 1. The van der Waals surface area contributed by atoms with Crippen LogP contribution in [0.25, 0.3) is 0 Å². The molecule has 14 heavy (non-hydrogen) atoms. The van der Waals surface area contributed by atoms with Crippen LogP contribution in [-0.2, 0) is 15.6 Å². The van der Waals surface area contributed by atoms with E-state index in [2.05, 4.69) is 10.3 Å². The number of fused-ring (bicyclic) bond motifs is 1. The summed E-state index contributed by atoms with van der Waals surface area (Å²) in [6, 6.07) is 3.54. The molecule has 1 N–H and O–H groups in total. The van der Waals surface area contributed by atoms with Crippen LogP contribution in [-0.4, -0.2) is 20.9 Å². The second-order valence-corrected chi connectivity index (χ2v) is 4.64. The minimum absolute atomic E-state index is 0.0947. The number of pyridine rings is 1. The summed E-state index contributed by atoms with van der Waals surface area (Å²) < 4.78 is 11.7. The molecule has 4 nitrogen and oxygen atoms in total. The lowest BCUT2D eigenvalue weighted by Crippen LogP contribution is -2.10. The van der Waals surface area contributed by atoms with Crippen LogP contribution in [0.15, 0.2) is 17.2 Å². The van der Waals surface area contributed by atoms with Gasteiger partial charge >= 0.3 is 0 Å². The van der Waals surface area contributed by atoms with Crippen molar-refractivity contribution in [1.29, 1.82) is 0 Å². The number of carbonyl (C=O) groups excluding carboxylic acids is 1. The average molecular weight is 210 g/mol. The highest BCUT2D eigenvalue weighted by atomic mass is 32.2. The summed E-state index contributed by atoms with van der Waals surface area (Å²) in [4.78, 5) is 15.4. The molecular formula is C9H10N2O2S. The highest BCUT2D eigenvalue weighted by molar-refractivity contribution is 7.85. The summed E-state index contributed by atoms with van der Waals surface area (Å²) in [5.74, 6) is 0.262. The summed E-state index contributed by atoms with van der Waals surface area (Å²) in [7, 11) is -1.16. The number of hydrogen-bond acceptors (Lipinski definition) is 3. The average Bonchev–Trinajstić information content (AvgIpc) is 2.29. The topological polar surface area (TPSA) is 59.1 Å². The van der Waals surface area contributed by atoms with Gasteiger partial charge in [-0.1, -0.05) is 0 Å². The van der Waals surface area contributed by atoms with Gasteiger partial charge in [-0.05, 0) is 19.1 Å². The molecule has 0 spiro atoms. The highest BCUT2D eigenvalue weighted by Gasteiger charge is 2.19. The van der Waals surface area contributed by atoms with Crippen LogP contribution in [0.2, 0.25) is 0 Å². The molecule has 5 heteroatoms. The van der Waals surface area contributed by atoms with Gasteiger partial charge < -0.3 is 5.32 Å². The second kappa shape index (κ2) is 3.49. The minimum atomic E-state index is -1.16. The van der Waals surface area contributed by atoms with E-state index in [1.165, 1.54) is 0 Å². The lowest BCUT2D eigenvalue weighted by molar-refractivity contribution is -0.115. The molecular weight excluding hydrogens is 200 g/mol. The number of rotatable bonds is 0. The van der Waals surface area contributed by atoms with Gasteiger partial charge in [0.2, 0.25) is 5.91 Å². The standard InChI is InChI=1S/C9H10N2O2S/c1-6-2-3-7-9(10-6)14(13)5-4-8(12)11-7/h2-3H,4-5H2,1H3,(H,11,12). The van der Waals surface area contributed by atoms with Gasteiger partial charge in [-0.3, -0.25) is 9.00 Å². The maximum Gasteiger partial charge on any atom is 0.225 e. The molecule has 1 amide bonds. The summed E-state index contributed by atoms with van der Waals surface area (Å²) in [5.41, 5.74) is 1.39. The molecule has 0 bridgehead atoms. The Kier molecular flexibility index (Phi) is 2.33. The van der Waals surface area contributed by atoms with Gasteiger partial charge in [0.1, 0.15) is 0 Å². The van der Waals surface area contributed by atoms with Gasteiger partial charge in [-0.25, -0.2) is 4.98 Å². The molecule has 2 heterocycles. The van der Waals surface area contributed by atoms with E-state index in [1.54, 1.807) is 12.1 Å². The Bertz CT molecular complexity index is 417. The van der Waals surface area contributed by atoms with Crippen molar-refractivity contribution in [3.05, 3.63) is 17.8 Å². The Hall–Kier alpha value is -1.23. The third-order valence-electron chi connectivity index (χ3n) is 2.00. The van der Waals surface area contributed by atoms with Crippen molar-refractivity contribution >= 4 is 22.4 Å². The van der Waals surface area contributed by atoms with Crippen molar-refractivity contribution in [3.63, 3.8) is 0 Å². The van der Waals surface area contributed by atoms with E-state index in [4.69, 9.17) is 0 Å². The number of carbonyl (C=O) groups is 1. The second-order valence-electron chi connectivity index (χ2n) is 3.15. The van der Waals surface area contributed by atoms with Crippen molar-refractivity contribution in [1.82, 2.24) is 4.98 Å². The van der Waals surface area contributed by atoms with Gasteiger partial charge in [0, 0.05) is 17.9 Å². The number of hydrogen-bond donors (Lipinski definition) is 1. The number of nitrogens with zero attached hydrogens (tertiary/aromatic N) is 1. The first-order chi connectivity index (χ1) is 6.66. The van der Waals surface area contributed by atoms with Crippen molar-refractivity contribution in [3.8, 4) is 0 Å². The maximum absolute atomic E-state index is 11.7. The smallest absolute Gasteiger partial charge is 0.225 e. The fourth-order valence-electron chi connectivity index (χ4n) is 1.30. The molecule has 1 atom stereocenters. The van der Waals surface area contributed by atoms with Gasteiger partial charge in [0.05, 0.1) is 16.5 Å². The molecule has 0 saturated heterocycles. The van der Waals surface area contributed by atoms with Crippen LogP contribution >= 0.6 is 0 Å². The molecule has 1 aliphatic rings. The molecule has 0 radical (unpaired) electrons. The van der Waals surface area contributed by atoms with Crippen LogP contribution in [0, 0.1) is 6.92 Å². The van der Waals surface area contributed by atoms with Crippen molar-refractivity contribution in [2.24, 2.45) is 0 Å². The Morgan fingerprint density at radius 1 is 1.50 bits per heavy atom. The molecule has 74 valence electrons. The Morgan fingerprint density at radius 3 is 3.07 bits per heavy atom. The molecule has 0 aromatic carbocycles. The number of aryl methyl sites for hydroxylation is 1. The predicted octanol–water partition coefficient (Wildman–Crippen LogP) is 0.840. The number of aromatic nitrogens is 1. The normalized spacial score (nSPS) is 20.9. The summed E-state index contributed by atoms with van der Waals surface area (Å²) >= 11 is 0. The Labute approximate surface area is 84.2 Å². The minimum Gasteiger partial charge on any atom is -0.324 e. The Morgan fingerprint density at radius 2 is 2.29 bits per heavy atom. The highest BCUT2D eigenvalue weighted by Crippen LogP contribution is 2.21.